The molecule has 2 rings (SSSR count). The topological polar surface area (TPSA) is 9.23 Å². The van der Waals surface area contributed by atoms with Crippen LogP contribution in [0.15, 0.2) is 18.2 Å². The fraction of sp³-hybridized carbons (Fsp3) is 0.273. The Morgan fingerprint density at radius 3 is 2.62 bits per heavy atom. The Hall–Kier alpha value is -1.16. The van der Waals surface area contributed by atoms with Gasteiger partial charge in [-0.1, -0.05) is 17.7 Å². The van der Waals surface area contributed by atoms with Crippen LogP contribution in [0.1, 0.15) is 11.1 Å². The minimum absolute atomic E-state index is 0.245. The Labute approximate surface area is 95.5 Å². The van der Waals surface area contributed by atoms with Crippen molar-refractivity contribution in [1.29, 1.82) is 0 Å². The number of ether oxygens (including phenoxy) is 1. The first kappa shape index (κ1) is 11.3. The lowest BCUT2D eigenvalue weighted by atomic mass is 10.1. The maximum Gasteiger partial charge on any atom is 0.429 e. The van der Waals surface area contributed by atoms with Crippen LogP contribution in [-0.4, -0.2) is 12.3 Å². The van der Waals surface area contributed by atoms with Crippen LogP contribution in [-0.2, 0) is 0 Å². The lowest BCUT2D eigenvalue weighted by molar-refractivity contribution is -0.180. The molecule has 0 saturated carbocycles. The SMILES string of the molecule is Cc1cc(Cl)cc2c1OC(C(F)(F)F)C=C2. The molecule has 0 amide bonds. The van der Waals surface area contributed by atoms with Crippen LogP contribution < -0.4 is 4.74 Å². The van der Waals surface area contributed by atoms with Crippen molar-refractivity contribution in [2.45, 2.75) is 19.2 Å². The van der Waals surface area contributed by atoms with Gasteiger partial charge in [0.25, 0.3) is 0 Å². The fourth-order valence-electron chi connectivity index (χ4n) is 1.57. The van der Waals surface area contributed by atoms with E-state index in [9.17, 15) is 13.2 Å². The molecular weight excluding hydrogens is 241 g/mol. The summed E-state index contributed by atoms with van der Waals surface area (Å²) < 4.78 is 42.2. The maximum atomic E-state index is 12.4. The highest BCUT2D eigenvalue weighted by Gasteiger charge is 2.41. The van der Waals surface area contributed by atoms with E-state index in [1.165, 1.54) is 6.08 Å². The summed E-state index contributed by atoms with van der Waals surface area (Å²) in [6.45, 7) is 1.66. The summed E-state index contributed by atoms with van der Waals surface area (Å²) in [6, 6.07) is 3.15. The van der Waals surface area contributed by atoms with Crippen LogP contribution in [0.5, 0.6) is 5.75 Å². The minimum atomic E-state index is -4.39. The third kappa shape index (κ3) is 2.02. The van der Waals surface area contributed by atoms with Crippen LogP contribution in [0, 0.1) is 6.92 Å². The molecule has 1 atom stereocenters. The Bertz CT molecular complexity index is 451. The van der Waals surface area contributed by atoms with Crippen LogP contribution in [0.25, 0.3) is 6.08 Å². The van der Waals surface area contributed by atoms with Crippen molar-refractivity contribution in [2.75, 3.05) is 0 Å². The zero-order chi connectivity index (χ0) is 11.9. The molecule has 1 aliphatic rings. The first-order valence-electron chi connectivity index (χ1n) is 4.59. The number of alkyl halides is 3. The van der Waals surface area contributed by atoms with Gasteiger partial charge >= 0.3 is 6.18 Å². The molecule has 5 heteroatoms. The number of benzene rings is 1. The van der Waals surface area contributed by atoms with Gasteiger partial charge < -0.3 is 4.74 Å². The van der Waals surface area contributed by atoms with E-state index < -0.39 is 12.3 Å². The molecule has 1 unspecified atom stereocenters. The third-order valence-electron chi connectivity index (χ3n) is 2.29. The van der Waals surface area contributed by atoms with Crippen LogP contribution in [0.4, 0.5) is 13.2 Å². The molecule has 1 aliphatic heterocycles. The summed E-state index contributed by atoms with van der Waals surface area (Å²) in [6.07, 6.45) is -3.89. The van der Waals surface area contributed by atoms with Crippen molar-refractivity contribution in [3.63, 3.8) is 0 Å². The van der Waals surface area contributed by atoms with Gasteiger partial charge in [0.1, 0.15) is 5.75 Å². The van der Waals surface area contributed by atoms with Gasteiger partial charge in [-0.3, -0.25) is 0 Å². The van der Waals surface area contributed by atoms with Gasteiger partial charge in [0.05, 0.1) is 0 Å². The van der Waals surface area contributed by atoms with Gasteiger partial charge in [0.2, 0.25) is 6.10 Å². The molecule has 0 spiro atoms. The van der Waals surface area contributed by atoms with Gasteiger partial charge in [0, 0.05) is 10.6 Å². The number of fused-ring (bicyclic) bond motifs is 1. The fourth-order valence-corrected chi connectivity index (χ4v) is 1.86. The van der Waals surface area contributed by atoms with Crippen molar-refractivity contribution in [2.24, 2.45) is 0 Å². The Morgan fingerprint density at radius 1 is 1.31 bits per heavy atom. The molecule has 1 heterocycles. The van der Waals surface area contributed by atoms with E-state index in [0.29, 0.717) is 16.1 Å². The molecule has 1 aromatic rings. The molecule has 0 saturated heterocycles. The van der Waals surface area contributed by atoms with Gasteiger partial charge in [0.15, 0.2) is 0 Å². The molecular formula is C11H8ClF3O. The highest BCUT2D eigenvalue weighted by molar-refractivity contribution is 6.30. The van der Waals surface area contributed by atoms with E-state index in [1.54, 1.807) is 19.1 Å². The summed E-state index contributed by atoms with van der Waals surface area (Å²) in [5.74, 6) is 0.245. The summed E-state index contributed by atoms with van der Waals surface area (Å²) in [4.78, 5) is 0. The standard InChI is InChI=1S/C11H8ClF3O/c1-6-4-8(12)5-7-2-3-9(11(13,14)15)16-10(6)7/h2-5,9H,1H3. The molecule has 0 aliphatic carbocycles. The zero-order valence-electron chi connectivity index (χ0n) is 8.31. The second kappa shape index (κ2) is 3.70. The number of rotatable bonds is 0. The van der Waals surface area contributed by atoms with Crippen molar-refractivity contribution in [3.8, 4) is 5.75 Å². The van der Waals surface area contributed by atoms with Crippen molar-refractivity contribution in [1.82, 2.24) is 0 Å². The average molecular weight is 249 g/mol. The number of hydrogen-bond donors (Lipinski definition) is 0. The summed E-state index contributed by atoms with van der Waals surface area (Å²) in [5.41, 5.74) is 1.17. The highest BCUT2D eigenvalue weighted by atomic mass is 35.5. The monoisotopic (exact) mass is 248 g/mol. The predicted molar refractivity (Wildman–Crippen MR) is 55.7 cm³/mol. The van der Waals surface area contributed by atoms with Crippen molar-refractivity contribution in [3.05, 3.63) is 34.4 Å². The first-order valence-corrected chi connectivity index (χ1v) is 4.97. The second-order valence-corrected chi connectivity index (χ2v) is 4.02. The van der Waals surface area contributed by atoms with Crippen LogP contribution in [0.2, 0.25) is 5.02 Å². The molecule has 0 aromatic heterocycles. The van der Waals surface area contributed by atoms with Gasteiger partial charge in [-0.2, -0.15) is 13.2 Å². The van der Waals surface area contributed by atoms with Gasteiger partial charge in [-0.25, -0.2) is 0 Å². The van der Waals surface area contributed by atoms with Crippen LogP contribution in [0.3, 0.4) is 0 Å². The molecule has 0 N–H and O–H groups in total. The number of halogens is 4. The average Bonchev–Trinajstić information content (AvgIpc) is 2.15. The van der Waals surface area contributed by atoms with E-state index in [2.05, 4.69) is 0 Å². The van der Waals surface area contributed by atoms with E-state index in [1.807, 2.05) is 0 Å². The number of hydrogen-bond acceptors (Lipinski definition) is 1. The Balaban J connectivity index is 2.42. The van der Waals surface area contributed by atoms with E-state index in [-0.39, 0.29) is 5.75 Å². The van der Waals surface area contributed by atoms with E-state index >= 15 is 0 Å². The predicted octanol–water partition coefficient (Wildman–Crippen LogP) is 3.98. The second-order valence-electron chi connectivity index (χ2n) is 3.58. The van der Waals surface area contributed by atoms with Crippen molar-refractivity contribution >= 4 is 17.7 Å². The van der Waals surface area contributed by atoms with Gasteiger partial charge in [-0.15, -0.1) is 0 Å². The zero-order valence-corrected chi connectivity index (χ0v) is 9.06. The lowest BCUT2D eigenvalue weighted by Crippen LogP contribution is -2.34. The van der Waals surface area contributed by atoms with Crippen molar-refractivity contribution < 1.29 is 17.9 Å². The minimum Gasteiger partial charge on any atom is -0.476 e. The normalized spacial score (nSPS) is 19.2. The summed E-state index contributed by atoms with van der Waals surface area (Å²) in [5, 5.41) is 0.481. The van der Waals surface area contributed by atoms with Crippen LogP contribution >= 0.6 is 11.6 Å². The molecule has 0 radical (unpaired) electrons. The molecule has 16 heavy (non-hydrogen) atoms. The summed E-state index contributed by atoms with van der Waals surface area (Å²) >= 11 is 5.80. The largest absolute Gasteiger partial charge is 0.476 e. The maximum absolute atomic E-state index is 12.4. The third-order valence-corrected chi connectivity index (χ3v) is 2.50. The molecule has 1 aromatic carbocycles. The quantitative estimate of drug-likeness (QED) is 0.675. The molecule has 0 fully saturated rings. The molecule has 0 bridgehead atoms. The first-order chi connectivity index (χ1) is 7.38. The highest BCUT2D eigenvalue weighted by Crippen LogP contribution is 2.36. The Morgan fingerprint density at radius 2 is 2.00 bits per heavy atom. The van der Waals surface area contributed by atoms with Gasteiger partial charge in [-0.05, 0) is 30.7 Å². The molecule has 86 valence electrons. The number of aryl methyl sites for hydroxylation is 1. The molecule has 1 nitrogen and oxygen atoms in total. The smallest absolute Gasteiger partial charge is 0.429 e. The lowest BCUT2D eigenvalue weighted by Gasteiger charge is -2.24. The van der Waals surface area contributed by atoms with E-state index in [0.717, 1.165) is 6.08 Å². The Kier molecular flexibility index (Phi) is 2.62. The summed E-state index contributed by atoms with van der Waals surface area (Å²) in [7, 11) is 0. The van der Waals surface area contributed by atoms with E-state index in [4.69, 9.17) is 16.3 Å².